The summed E-state index contributed by atoms with van der Waals surface area (Å²) < 4.78 is 39.2. The maximum Gasteiger partial charge on any atom is 0.0564 e. The minimum Gasteiger partial charge on any atom is -0.396 e. The predicted octanol–water partition coefficient (Wildman–Crippen LogP) is 0.389. The Kier molecular flexibility index (Phi) is 0.320. The Morgan fingerprint density at radius 3 is 3.25 bits per heavy atom. The third-order valence-electron chi connectivity index (χ3n) is 0.0645. The van der Waals surface area contributed by atoms with Crippen molar-refractivity contribution in [3.8, 4) is 0 Å². The van der Waals surface area contributed by atoms with Gasteiger partial charge in [-0.15, -0.1) is 0 Å². The number of aliphatic hydroxyl groups is 1. The van der Waals surface area contributed by atoms with Crippen molar-refractivity contribution in [2.75, 3.05) is 6.56 Å². The average molecular weight is 66.1 g/mol. The van der Waals surface area contributed by atoms with Crippen LogP contribution in [0.1, 0.15) is 21.5 Å². The third kappa shape index (κ3) is 1.96. The second-order valence-electron chi connectivity index (χ2n) is 0.273. The van der Waals surface area contributed by atoms with Gasteiger partial charge in [0.25, 0.3) is 0 Å². The van der Waals surface area contributed by atoms with Crippen molar-refractivity contribution >= 4 is 0 Å². The van der Waals surface area contributed by atoms with Crippen molar-refractivity contribution in [2.24, 2.45) is 0 Å². The van der Waals surface area contributed by atoms with Crippen LogP contribution in [0.5, 0.6) is 0 Å². The van der Waals surface area contributed by atoms with E-state index in [0.29, 0.717) is 0 Å². The summed E-state index contributed by atoms with van der Waals surface area (Å²) in [6.07, 6.45) is -2.10. The van der Waals surface area contributed by atoms with Gasteiger partial charge in [0.05, 0.1) is 2.74 Å². The van der Waals surface area contributed by atoms with Crippen molar-refractivity contribution in [3.05, 3.63) is 0 Å². The molecule has 0 saturated heterocycles. The third-order valence-corrected chi connectivity index (χ3v) is 0.0645. The Labute approximate surface area is 34.7 Å². The van der Waals surface area contributed by atoms with E-state index in [0.717, 1.165) is 0 Å². The summed E-state index contributed by atoms with van der Waals surface area (Å²) in [6, 6.07) is 0. The highest BCUT2D eigenvalue weighted by Gasteiger charge is 1.57. The number of hydrogen-bond donors (Lipinski definition) is 1. The zero-order valence-corrected chi connectivity index (χ0v) is 2.02. The van der Waals surface area contributed by atoms with Crippen LogP contribution in [0.15, 0.2) is 0 Å². The van der Waals surface area contributed by atoms with Gasteiger partial charge in [-0.05, 0) is 6.40 Å². The monoisotopic (exact) mass is 66.1 g/mol. The molecule has 0 rings (SSSR count). The van der Waals surface area contributed by atoms with Gasteiger partial charge in [-0.1, -0.05) is 6.85 Å². The van der Waals surface area contributed by atoms with Gasteiger partial charge in [-0.2, -0.15) is 0 Å². The van der Waals surface area contributed by atoms with Crippen LogP contribution in [-0.4, -0.2) is 11.7 Å². The van der Waals surface area contributed by atoms with Crippen LogP contribution in [0.4, 0.5) is 0 Å². The molecule has 0 spiro atoms. The summed E-state index contributed by atoms with van der Waals surface area (Å²) in [5.74, 6) is 0. The molecule has 4 heavy (non-hydrogen) atoms. The molecule has 0 heterocycles. The van der Waals surface area contributed by atoms with Crippen molar-refractivity contribution in [3.63, 3.8) is 0 Å². The Balaban J connectivity index is 4.23. The molecule has 1 unspecified atom stereocenters. The average Bonchev–Trinajstić information content (AvgIpc) is 1.59. The van der Waals surface area contributed by atoms with Gasteiger partial charge in [0.1, 0.15) is 0 Å². The minimum atomic E-state index is -2.95. The lowest BCUT2D eigenvalue weighted by Crippen LogP contribution is -1.69. The van der Waals surface area contributed by atoms with Gasteiger partial charge in [0.2, 0.25) is 0 Å². The summed E-state index contributed by atoms with van der Waals surface area (Å²) >= 11 is 0. The summed E-state index contributed by atoms with van der Waals surface area (Å²) in [4.78, 5) is 0. The van der Waals surface area contributed by atoms with Crippen LogP contribution >= 0.6 is 0 Å². The lowest BCUT2D eigenvalue weighted by atomic mass is 10.5. The van der Waals surface area contributed by atoms with E-state index in [9.17, 15) is 0 Å². The number of hydrogen-bond acceptors (Lipinski definition) is 1. The lowest BCUT2D eigenvalue weighted by Gasteiger charge is -1.69. The molecule has 0 aliphatic heterocycles. The molecule has 0 radical (unpaired) electrons. The van der Waals surface area contributed by atoms with Crippen LogP contribution < -0.4 is 0 Å². The van der Waals surface area contributed by atoms with Gasteiger partial charge in [-0.25, -0.2) is 0 Å². The fraction of sp³-hybridized carbons (Fsp3) is 1.00. The van der Waals surface area contributed by atoms with Gasteiger partial charge in [-0.3, -0.25) is 0 Å². The Morgan fingerprint density at radius 1 is 2.50 bits per heavy atom. The highest BCUT2D eigenvalue weighted by molar-refractivity contribution is 4.10. The van der Waals surface area contributed by atoms with E-state index in [1.54, 1.807) is 0 Å². The van der Waals surface area contributed by atoms with E-state index in [1.807, 2.05) is 0 Å². The first-order valence-electron chi connectivity index (χ1n) is 3.88. The topological polar surface area (TPSA) is 20.2 Å². The highest BCUT2D eigenvalue weighted by atomic mass is 16.2. The van der Waals surface area contributed by atoms with Gasteiger partial charge in [0, 0.05) is 12.0 Å². The molecule has 1 heteroatoms. The molecule has 1 nitrogen and oxygen atoms in total. The highest BCUT2D eigenvalue weighted by Crippen LogP contribution is 1.61. The van der Waals surface area contributed by atoms with Crippen molar-refractivity contribution in [1.29, 1.82) is 0 Å². The molecule has 0 amide bonds. The molecule has 0 aromatic heterocycles. The van der Waals surface area contributed by atoms with Gasteiger partial charge < -0.3 is 5.11 Å². The minimum absolute atomic E-state index is 2.10. The zero-order chi connectivity index (χ0) is 8.58. The number of rotatable bonds is 1. The zero-order valence-electron chi connectivity index (χ0n) is 8.02. The van der Waals surface area contributed by atoms with Crippen molar-refractivity contribution < 1.29 is 13.3 Å². The molecular weight excluding hydrogens is 52.0 g/mol. The quantitative estimate of drug-likeness (QED) is 0.469. The van der Waals surface area contributed by atoms with E-state index in [4.69, 9.17) is 13.3 Å². The molecule has 1 N–H and O–H groups in total. The van der Waals surface area contributed by atoms with E-state index in [2.05, 4.69) is 0 Å². The SMILES string of the molecule is [2H]C(C([2H])([2H])[2H])C([2H])([2H])O. The second kappa shape index (κ2) is 2.96. The molecule has 0 bridgehead atoms. The molecule has 26 valence electrons. The molecule has 0 aliphatic carbocycles. The first-order chi connectivity index (χ1) is 4.15. The van der Waals surface area contributed by atoms with E-state index >= 15 is 0 Å². The molecule has 0 aromatic carbocycles. The summed E-state index contributed by atoms with van der Waals surface area (Å²) in [6.45, 7) is -5.72. The maximum absolute atomic E-state index is 8.41. The van der Waals surface area contributed by atoms with Gasteiger partial charge >= 0.3 is 0 Å². The van der Waals surface area contributed by atoms with Crippen LogP contribution in [0.2, 0.25) is 0 Å². The second-order valence-corrected chi connectivity index (χ2v) is 0.273. The maximum atomic E-state index is 8.41. The fourth-order valence-electron chi connectivity index (χ4n) is 0. The van der Waals surface area contributed by atoms with Crippen LogP contribution in [0, 0.1) is 0 Å². The normalized spacial score (nSPS) is 44.2. The van der Waals surface area contributed by atoms with Crippen molar-refractivity contribution in [2.45, 2.75) is 13.2 Å². The molecule has 1 atom stereocenters. The van der Waals surface area contributed by atoms with E-state index in [-0.39, 0.29) is 0 Å². The summed E-state index contributed by atoms with van der Waals surface area (Å²) in [7, 11) is 0. The Morgan fingerprint density at radius 2 is 3.25 bits per heavy atom. The van der Waals surface area contributed by atoms with E-state index in [1.165, 1.54) is 0 Å². The molecular formula is C3H8O. The first-order valence-corrected chi connectivity index (χ1v) is 0.801. The van der Waals surface area contributed by atoms with Crippen molar-refractivity contribution in [1.82, 2.24) is 0 Å². The summed E-state index contributed by atoms with van der Waals surface area (Å²) in [5, 5.41) is 8.41. The first kappa shape index (κ1) is 0.432. The predicted molar refractivity (Wildman–Crippen MR) is 17.4 cm³/mol. The Hall–Kier alpha value is -0.0400. The van der Waals surface area contributed by atoms with Crippen LogP contribution in [-0.2, 0) is 0 Å². The smallest absolute Gasteiger partial charge is 0.0564 e. The Bertz CT molecular complexity index is 97.1. The van der Waals surface area contributed by atoms with Crippen LogP contribution in [0.3, 0.4) is 0 Å². The van der Waals surface area contributed by atoms with Crippen LogP contribution in [0.25, 0.3) is 0 Å². The molecule has 0 fully saturated rings. The van der Waals surface area contributed by atoms with E-state index < -0.39 is 19.8 Å². The standard InChI is InChI=1S/C3H8O/c1-2-3-4/h4H,2-3H2,1H3/i1D3,2D,3D2. The fourth-order valence-corrected chi connectivity index (χ4v) is 0. The largest absolute Gasteiger partial charge is 0.396 e. The lowest BCUT2D eigenvalue weighted by molar-refractivity contribution is 0.295. The molecule has 0 aliphatic rings. The molecule has 0 saturated carbocycles. The molecule has 0 aromatic rings. The summed E-state index contributed by atoms with van der Waals surface area (Å²) in [5.41, 5.74) is 0. The van der Waals surface area contributed by atoms with Gasteiger partial charge in [0.15, 0.2) is 0 Å².